The Bertz CT molecular complexity index is 4250. The highest BCUT2D eigenvalue weighted by atomic mass is 15.0. The van der Waals surface area contributed by atoms with Crippen molar-refractivity contribution in [2.24, 2.45) is 0 Å². The van der Waals surface area contributed by atoms with Gasteiger partial charge in [-0.05, 0) is 126 Å². The zero-order valence-corrected chi connectivity index (χ0v) is 39.1. The van der Waals surface area contributed by atoms with Gasteiger partial charge in [0.2, 0.25) is 0 Å². The van der Waals surface area contributed by atoms with Crippen LogP contribution >= 0.6 is 0 Å². The third-order valence-corrected chi connectivity index (χ3v) is 14.4. The maximum atomic E-state index is 9.43. The van der Waals surface area contributed by atoms with Crippen molar-refractivity contribution >= 4 is 65.4 Å². The van der Waals surface area contributed by atoms with Gasteiger partial charge in [0.15, 0.2) is 5.82 Å². The van der Waals surface area contributed by atoms with Crippen LogP contribution < -0.4 is 0 Å². The zero-order chi connectivity index (χ0) is 48.6. The SMILES string of the molecule is N#Cc1ccc(-c2cc(-c3ccc(-c4ccc(-n5c6ccc(-n7c8ccccc8c8ccccc87)cc6c6cc(-n7c8ccccc8c8ccccc87)ccc65)cc4)cc3)nc(-c3ccc(C#N)cc3)n2)cc1. The molecule has 0 atom stereocenters. The van der Waals surface area contributed by atoms with Crippen LogP contribution in [0.4, 0.5) is 0 Å². The molecule has 4 aromatic heterocycles. The van der Waals surface area contributed by atoms with Gasteiger partial charge in [0, 0.05) is 66.1 Å². The predicted octanol–water partition coefficient (Wildman–Crippen LogP) is 16.2. The molecule has 0 bridgehead atoms. The first-order chi connectivity index (χ1) is 36.1. The fourth-order valence-electron chi connectivity index (χ4n) is 10.9. The summed E-state index contributed by atoms with van der Waals surface area (Å²) in [4.78, 5) is 9.96. The molecular formula is C66H39N7. The van der Waals surface area contributed by atoms with Gasteiger partial charge in [-0.2, -0.15) is 10.5 Å². The fourth-order valence-corrected chi connectivity index (χ4v) is 10.9. The van der Waals surface area contributed by atoms with Gasteiger partial charge in [0.05, 0.1) is 67.8 Å². The van der Waals surface area contributed by atoms with Crippen LogP contribution in [0.15, 0.2) is 237 Å². The molecule has 14 rings (SSSR count). The minimum absolute atomic E-state index is 0.553. The topological polar surface area (TPSA) is 88.1 Å². The number of hydrogen-bond acceptors (Lipinski definition) is 4. The van der Waals surface area contributed by atoms with Crippen LogP contribution in [0.5, 0.6) is 0 Å². The van der Waals surface area contributed by atoms with Gasteiger partial charge < -0.3 is 13.7 Å². The zero-order valence-electron chi connectivity index (χ0n) is 39.1. The molecule has 0 aliphatic rings. The lowest BCUT2D eigenvalue weighted by molar-refractivity contribution is 1.16. The smallest absolute Gasteiger partial charge is 0.160 e. The number of hydrogen-bond donors (Lipinski definition) is 0. The van der Waals surface area contributed by atoms with E-state index in [1.807, 2.05) is 30.3 Å². The lowest BCUT2D eigenvalue weighted by atomic mass is 10.0. The maximum Gasteiger partial charge on any atom is 0.160 e. The molecule has 0 saturated heterocycles. The molecule has 14 aromatic rings. The Kier molecular flexibility index (Phi) is 9.50. The van der Waals surface area contributed by atoms with Gasteiger partial charge >= 0.3 is 0 Å². The van der Waals surface area contributed by atoms with Crippen LogP contribution in [0.3, 0.4) is 0 Å². The molecule has 7 nitrogen and oxygen atoms in total. The van der Waals surface area contributed by atoms with Crippen LogP contribution in [0.25, 0.3) is 128 Å². The minimum Gasteiger partial charge on any atom is -0.309 e. The third-order valence-electron chi connectivity index (χ3n) is 14.4. The molecule has 0 amide bonds. The van der Waals surface area contributed by atoms with Crippen molar-refractivity contribution in [3.63, 3.8) is 0 Å². The Hall–Kier alpha value is -10.3. The summed E-state index contributed by atoms with van der Waals surface area (Å²) < 4.78 is 7.20. The third kappa shape index (κ3) is 6.80. The van der Waals surface area contributed by atoms with Crippen LogP contribution in [0.2, 0.25) is 0 Å². The van der Waals surface area contributed by atoms with Gasteiger partial charge in [0.1, 0.15) is 0 Å². The van der Waals surface area contributed by atoms with Crippen LogP contribution in [0, 0.1) is 22.7 Å². The van der Waals surface area contributed by atoms with Crippen molar-refractivity contribution in [2.45, 2.75) is 0 Å². The Morgan fingerprint density at radius 2 is 0.589 bits per heavy atom. The van der Waals surface area contributed by atoms with Gasteiger partial charge in [-0.1, -0.05) is 121 Å². The van der Waals surface area contributed by atoms with E-state index in [4.69, 9.17) is 9.97 Å². The Morgan fingerprint density at radius 3 is 1.00 bits per heavy atom. The van der Waals surface area contributed by atoms with E-state index in [2.05, 4.69) is 208 Å². The number of para-hydroxylation sites is 4. The van der Waals surface area contributed by atoms with E-state index in [1.54, 1.807) is 24.3 Å². The molecule has 10 aromatic carbocycles. The predicted molar refractivity (Wildman–Crippen MR) is 296 cm³/mol. The molecule has 0 aliphatic heterocycles. The van der Waals surface area contributed by atoms with Crippen molar-refractivity contribution in [2.75, 3.05) is 0 Å². The summed E-state index contributed by atoms with van der Waals surface area (Å²) in [7, 11) is 0. The average molecular weight is 930 g/mol. The van der Waals surface area contributed by atoms with Crippen molar-refractivity contribution < 1.29 is 0 Å². The maximum absolute atomic E-state index is 9.43. The first-order valence-electron chi connectivity index (χ1n) is 24.3. The van der Waals surface area contributed by atoms with Gasteiger partial charge in [-0.15, -0.1) is 0 Å². The number of fused-ring (bicyclic) bond motifs is 9. The normalized spacial score (nSPS) is 11.5. The number of benzene rings is 10. The molecule has 0 unspecified atom stereocenters. The molecule has 4 heterocycles. The number of nitriles is 2. The number of rotatable bonds is 7. The van der Waals surface area contributed by atoms with Crippen molar-refractivity contribution in [1.29, 1.82) is 10.5 Å². The lowest BCUT2D eigenvalue weighted by Crippen LogP contribution is -1.96. The van der Waals surface area contributed by atoms with Crippen LogP contribution in [-0.2, 0) is 0 Å². The van der Waals surface area contributed by atoms with Gasteiger partial charge in [0.25, 0.3) is 0 Å². The van der Waals surface area contributed by atoms with Crippen LogP contribution in [-0.4, -0.2) is 23.7 Å². The van der Waals surface area contributed by atoms with E-state index in [9.17, 15) is 10.5 Å². The molecular weight excluding hydrogens is 891 g/mol. The summed E-state index contributed by atoms with van der Waals surface area (Å²) in [5.41, 5.74) is 17.7. The monoisotopic (exact) mass is 929 g/mol. The summed E-state index contributed by atoms with van der Waals surface area (Å²) >= 11 is 0. The molecule has 73 heavy (non-hydrogen) atoms. The Labute approximate surface area is 419 Å². The van der Waals surface area contributed by atoms with E-state index in [1.165, 1.54) is 54.4 Å². The molecule has 338 valence electrons. The summed E-state index contributed by atoms with van der Waals surface area (Å²) in [6.07, 6.45) is 0. The molecule has 0 saturated carbocycles. The number of aromatic nitrogens is 5. The summed E-state index contributed by atoms with van der Waals surface area (Å²) in [5.74, 6) is 0.553. The lowest BCUT2D eigenvalue weighted by Gasteiger charge is -2.12. The second-order valence-corrected chi connectivity index (χ2v) is 18.4. The highest BCUT2D eigenvalue weighted by molar-refractivity contribution is 6.14. The first kappa shape index (κ1) is 41.6. The van der Waals surface area contributed by atoms with Crippen molar-refractivity contribution in [1.82, 2.24) is 23.7 Å². The quantitative estimate of drug-likeness (QED) is 0.159. The van der Waals surface area contributed by atoms with E-state index < -0.39 is 0 Å². The van der Waals surface area contributed by atoms with E-state index >= 15 is 0 Å². The molecule has 0 aliphatic carbocycles. The van der Waals surface area contributed by atoms with E-state index in [-0.39, 0.29) is 0 Å². The van der Waals surface area contributed by atoms with Crippen molar-refractivity contribution in [3.8, 4) is 74.2 Å². The second kappa shape index (κ2) is 16.7. The number of nitrogens with zero attached hydrogens (tertiary/aromatic N) is 7. The summed E-state index contributed by atoms with van der Waals surface area (Å²) in [6, 6.07) is 87.1. The van der Waals surface area contributed by atoms with E-state index in [0.29, 0.717) is 17.0 Å². The van der Waals surface area contributed by atoms with Crippen LogP contribution in [0.1, 0.15) is 11.1 Å². The molecule has 7 heteroatoms. The summed E-state index contributed by atoms with van der Waals surface area (Å²) in [5, 5.41) is 26.2. The second-order valence-electron chi connectivity index (χ2n) is 18.4. The van der Waals surface area contributed by atoms with E-state index in [0.717, 1.165) is 67.3 Å². The molecule has 0 fully saturated rings. The van der Waals surface area contributed by atoms with Crippen molar-refractivity contribution in [3.05, 3.63) is 248 Å². The Morgan fingerprint density at radius 1 is 0.274 bits per heavy atom. The fraction of sp³-hybridized carbons (Fsp3) is 0. The largest absolute Gasteiger partial charge is 0.309 e. The Balaban J connectivity index is 0.876. The molecule has 0 spiro atoms. The first-order valence-corrected chi connectivity index (χ1v) is 24.3. The van der Waals surface area contributed by atoms with Gasteiger partial charge in [-0.3, -0.25) is 0 Å². The highest BCUT2D eigenvalue weighted by Gasteiger charge is 2.20. The minimum atomic E-state index is 0.553. The highest BCUT2D eigenvalue weighted by Crippen LogP contribution is 2.40. The molecule has 0 N–H and O–H groups in total. The standard InChI is InChI=1S/C66H39N7/c67-40-42-17-21-46(22-18-42)58-39-59(70-66(69-58)48-23-19-43(41-68)20-24-48)47-27-25-44(26-28-47)45-29-31-49(32-30-45)71-64-35-33-50(72-60-13-5-1-9-52(60)53-10-2-6-14-61(53)72)37-56(64)57-38-51(34-36-65(57)71)73-62-15-7-3-11-54(62)55-12-4-8-16-63(55)73/h1-39H. The van der Waals surface area contributed by atoms with Gasteiger partial charge in [-0.25, -0.2) is 9.97 Å². The summed E-state index contributed by atoms with van der Waals surface area (Å²) in [6.45, 7) is 0. The molecule has 0 radical (unpaired) electrons. The average Bonchev–Trinajstić information content (AvgIpc) is 4.10.